The zero-order chi connectivity index (χ0) is 14.6. The Hall–Kier alpha value is -0.910. The number of sulfonamides is 1. The van der Waals surface area contributed by atoms with E-state index in [2.05, 4.69) is 0 Å². The normalized spacial score (nSPS) is 14.1. The van der Waals surface area contributed by atoms with Gasteiger partial charge in [0.05, 0.1) is 11.0 Å². The van der Waals surface area contributed by atoms with Crippen molar-refractivity contribution in [3.05, 3.63) is 29.8 Å². The highest BCUT2D eigenvalue weighted by Crippen LogP contribution is 2.20. The van der Waals surface area contributed by atoms with E-state index in [4.69, 9.17) is 0 Å². The topological polar surface area (TPSA) is 57.6 Å². The van der Waals surface area contributed by atoms with E-state index in [0.717, 1.165) is 0 Å². The standard InChI is InChI=1S/C14H23NO3S/c1-5-15(10-11(2)3)19(17,18)14-8-6-13(7-9-14)12(4)16/h6-9,11-12,16H,5,10H2,1-4H3. The molecule has 1 N–H and O–H groups in total. The lowest BCUT2D eigenvalue weighted by Gasteiger charge is -2.22. The van der Waals surface area contributed by atoms with Crippen molar-refractivity contribution in [1.82, 2.24) is 4.31 Å². The smallest absolute Gasteiger partial charge is 0.243 e. The summed E-state index contributed by atoms with van der Waals surface area (Å²) in [4.78, 5) is 0.277. The average molecular weight is 285 g/mol. The van der Waals surface area contributed by atoms with Gasteiger partial charge in [0.15, 0.2) is 0 Å². The summed E-state index contributed by atoms with van der Waals surface area (Å²) in [5.74, 6) is 0.284. The lowest BCUT2D eigenvalue weighted by molar-refractivity contribution is 0.199. The summed E-state index contributed by atoms with van der Waals surface area (Å²) < 4.78 is 26.4. The number of rotatable bonds is 6. The molecule has 0 amide bonds. The number of hydrogen-bond donors (Lipinski definition) is 1. The Morgan fingerprint density at radius 2 is 1.68 bits per heavy atom. The molecule has 0 saturated carbocycles. The molecule has 0 aliphatic carbocycles. The molecule has 1 rings (SSSR count). The molecule has 0 radical (unpaired) electrons. The number of nitrogens with zero attached hydrogens (tertiary/aromatic N) is 1. The molecule has 0 spiro atoms. The van der Waals surface area contributed by atoms with Crippen molar-refractivity contribution in [3.8, 4) is 0 Å². The molecule has 0 aromatic heterocycles. The van der Waals surface area contributed by atoms with Crippen LogP contribution in [0.3, 0.4) is 0 Å². The fourth-order valence-corrected chi connectivity index (χ4v) is 3.48. The van der Waals surface area contributed by atoms with E-state index >= 15 is 0 Å². The first-order chi connectivity index (χ1) is 8.78. The molecule has 0 bridgehead atoms. The van der Waals surface area contributed by atoms with Gasteiger partial charge in [0.2, 0.25) is 10.0 Å². The van der Waals surface area contributed by atoms with E-state index in [9.17, 15) is 13.5 Å². The van der Waals surface area contributed by atoms with Crippen LogP contribution < -0.4 is 0 Å². The quantitative estimate of drug-likeness (QED) is 0.873. The van der Waals surface area contributed by atoms with Crippen LogP contribution in [0.25, 0.3) is 0 Å². The van der Waals surface area contributed by atoms with Gasteiger partial charge in [-0.05, 0) is 30.5 Å². The summed E-state index contributed by atoms with van der Waals surface area (Å²) in [6.45, 7) is 8.45. The van der Waals surface area contributed by atoms with Crippen LogP contribution in [0, 0.1) is 5.92 Å². The van der Waals surface area contributed by atoms with Gasteiger partial charge in [-0.25, -0.2) is 8.42 Å². The van der Waals surface area contributed by atoms with Gasteiger partial charge in [0, 0.05) is 13.1 Å². The van der Waals surface area contributed by atoms with E-state index in [-0.39, 0.29) is 10.8 Å². The van der Waals surface area contributed by atoms with Crippen molar-refractivity contribution in [3.63, 3.8) is 0 Å². The lowest BCUT2D eigenvalue weighted by atomic mass is 10.1. The third-order valence-electron chi connectivity index (χ3n) is 2.92. The summed E-state index contributed by atoms with van der Waals surface area (Å²) in [7, 11) is -3.44. The first-order valence-electron chi connectivity index (χ1n) is 6.57. The molecular weight excluding hydrogens is 262 g/mol. The molecule has 0 saturated heterocycles. The summed E-state index contributed by atoms with van der Waals surface area (Å²) in [5.41, 5.74) is 0.714. The van der Waals surface area contributed by atoms with Gasteiger partial charge in [-0.1, -0.05) is 32.9 Å². The summed E-state index contributed by atoms with van der Waals surface area (Å²) in [5, 5.41) is 9.43. The number of hydrogen-bond acceptors (Lipinski definition) is 3. The first kappa shape index (κ1) is 16.1. The van der Waals surface area contributed by atoms with Gasteiger partial charge in [-0.3, -0.25) is 0 Å². The van der Waals surface area contributed by atoms with Crippen LogP contribution in [0.15, 0.2) is 29.2 Å². The zero-order valence-corrected chi connectivity index (χ0v) is 12.8. The second-order valence-corrected chi connectivity index (χ2v) is 7.03. The minimum absolute atomic E-state index is 0.277. The third-order valence-corrected chi connectivity index (χ3v) is 4.88. The highest BCUT2D eigenvalue weighted by Gasteiger charge is 2.23. The van der Waals surface area contributed by atoms with Crippen LogP contribution in [0.1, 0.15) is 39.4 Å². The Morgan fingerprint density at radius 3 is 2.05 bits per heavy atom. The summed E-state index contributed by atoms with van der Waals surface area (Å²) >= 11 is 0. The molecule has 1 atom stereocenters. The molecule has 1 aromatic rings. The molecule has 19 heavy (non-hydrogen) atoms. The van der Waals surface area contributed by atoms with E-state index in [1.165, 1.54) is 4.31 Å². The van der Waals surface area contributed by atoms with Crippen molar-refractivity contribution in [2.45, 2.75) is 38.7 Å². The van der Waals surface area contributed by atoms with Crippen LogP contribution >= 0.6 is 0 Å². The van der Waals surface area contributed by atoms with E-state index < -0.39 is 16.1 Å². The Bertz CT molecular complexity index is 492. The van der Waals surface area contributed by atoms with E-state index in [0.29, 0.717) is 18.7 Å². The Balaban J connectivity index is 3.04. The van der Waals surface area contributed by atoms with Crippen molar-refractivity contribution in [2.24, 2.45) is 5.92 Å². The molecule has 5 heteroatoms. The molecule has 0 fully saturated rings. The predicted molar refractivity (Wildman–Crippen MR) is 76.3 cm³/mol. The van der Waals surface area contributed by atoms with Crippen LogP contribution in [0.5, 0.6) is 0 Å². The zero-order valence-electron chi connectivity index (χ0n) is 12.0. The lowest BCUT2D eigenvalue weighted by Crippen LogP contribution is -2.34. The maximum atomic E-state index is 12.4. The first-order valence-corrected chi connectivity index (χ1v) is 8.01. The van der Waals surface area contributed by atoms with Crippen molar-refractivity contribution in [2.75, 3.05) is 13.1 Å². The maximum absolute atomic E-state index is 12.4. The van der Waals surface area contributed by atoms with Gasteiger partial charge in [-0.2, -0.15) is 4.31 Å². The van der Waals surface area contributed by atoms with Crippen LogP contribution in [0.4, 0.5) is 0 Å². The number of aliphatic hydroxyl groups excluding tert-OH is 1. The van der Waals surface area contributed by atoms with Crippen molar-refractivity contribution in [1.29, 1.82) is 0 Å². The molecule has 1 unspecified atom stereocenters. The van der Waals surface area contributed by atoms with Gasteiger partial charge in [0.25, 0.3) is 0 Å². The fourth-order valence-electron chi connectivity index (χ4n) is 1.87. The molecule has 4 nitrogen and oxygen atoms in total. The predicted octanol–water partition coefficient (Wildman–Crippen LogP) is 2.41. The SMILES string of the molecule is CCN(CC(C)C)S(=O)(=O)c1ccc(C(C)O)cc1. The molecule has 108 valence electrons. The van der Waals surface area contributed by atoms with E-state index in [1.54, 1.807) is 31.2 Å². The molecule has 0 aliphatic rings. The summed E-state index contributed by atoms with van der Waals surface area (Å²) in [6.07, 6.45) is -0.588. The van der Waals surface area contributed by atoms with Gasteiger partial charge < -0.3 is 5.11 Å². The Kier molecular flexibility index (Phi) is 5.52. The van der Waals surface area contributed by atoms with Crippen LogP contribution in [-0.4, -0.2) is 30.9 Å². The van der Waals surface area contributed by atoms with Crippen LogP contribution in [-0.2, 0) is 10.0 Å². The van der Waals surface area contributed by atoms with Gasteiger partial charge in [0.1, 0.15) is 0 Å². The molecule has 0 aliphatic heterocycles. The fraction of sp³-hybridized carbons (Fsp3) is 0.571. The second-order valence-electron chi connectivity index (χ2n) is 5.09. The van der Waals surface area contributed by atoms with E-state index in [1.807, 2.05) is 20.8 Å². The number of benzene rings is 1. The minimum atomic E-state index is -3.44. The van der Waals surface area contributed by atoms with Crippen molar-refractivity contribution >= 4 is 10.0 Å². The maximum Gasteiger partial charge on any atom is 0.243 e. The second kappa shape index (κ2) is 6.50. The summed E-state index contributed by atoms with van der Waals surface area (Å²) in [6, 6.07) is 6.42. The largest absolute Gasteiger partial charge is 0.389 e. The Morgan fingerprint density at radius 1 is 1.16 bits per heavy atom. The minimum Gasteiger partial charge on any atom is -0.389 e. The third kappa shape index (κ3) is 4.03. The highest BCUT2D eigenvalue weighted by atomic mass is 32.2. The van der Waals surface area contributed by atoms with Crippen molar-refractivity contribution < 1.29 is 13.5 Å². The average Bonchev–Trinajstić information content (AvgIpc) is 2.35. The van der Waals surface area contributed by atoms with Gasteiger partial charge in [-0.15, -0.1) is 0 Å². The van der Waals surface area contributed by atoms with Gasteiger partial charge >= 0.3 is 0 Å². The monoisotopic (exact) mass is 285 g/mol. The highest BCUT2D eigenvalue weighted by molar-refractivity contribution is 7.89. The Labute approximate surface area is 116 Å². The van der Waals surface area contributed by atoms with Crippen LogP contribution in [0.2, 0.25) is 0 Å². The molecule has 1 aromatic carbocycles. The number of aliphatic hydroxyl groups is 1. The molecular formula is C14H23NO3S. The molecule has 0 heterocycles.